The molecule has 54 heavy (non-hydrogen) atoms. The summed E-state index contributed by atoms with van der Waals surface area (Å²) in [7, 11) is 0. The molecule has 6 N–H and O–H groups in total. The van der Waals surface area contributed by atoms with Gasteiger partial charge >= 0.3 is 23.8 Å². The van der Waals surface area contributed by atoms with Crippen LogP contribution in [0.5, 0.6) is 0 Å². The fraction of sp³-hybridized carbons (Fsp3) is 0.676. The number of unbranched alkanes of at least 4 members (excludes halogenated alkanes) is 1. The van der Waals surface area contributed by atoms with Crippen LogP contribution in [0.1, 0.15) is 67.3 Å². The molecule has 300 valence electrons. The molecule has 0 aromatic heterocycles. The summed E-state index contributed by atoms with van der Waals surface area (Å²) in [5.41, 5.74) is -2.95. The van der Waals surface area contributed by atoms with Crippen LogP contribution >= 0.6 is 11.8 Å². The summed E-state index contributed by atoms with van der Waals surface area (Å²) >= 11 is 1.88. The summed E-state index contributed by atoms with van der Waals surface area (Å²) in [4.78, 5) is 59.9. The second-order valence-electron chi connectivity index (χ2n) is 13.0. The number of thioether (sulfide) groups is 1. The average Bonchev–Trinajstić information content (AvgIpc) is 3.78. The quantitative estimate of drug-likeness (QED) is 0.0596. The molecule has 0 unspecified atom stereocenters. The molecule has 0 aliphatic carbocycles. The number of benzene rings is 1. The molecule has 4 rings (SSSR count). The highest BCUT2D eigenvalue weighted by Crippen LogP contribution is 2.52. The number of carbonyl (C=O) groups is 5. The van der Waals surface area contributed by atoms with Crippen LogP contribution in [0.25, 0.3) is 0 Å². The molecule has 0 bridgehead atoms. The number of halogens is 3. The number of carboxylic acids is 1. The third-order valence-electron chi connectivity index (χ3n) is 8.91. The van der Waals surface area contributed by atoms with Crippen LogP contribution in [0.2, 0.25) is 0 Å². The van der Waals surface area contributed by atoms with Gasteiger partial charge in [-0.2, -0.15) is 24.9 Å². The van der Waals surface area contributed by atoms with Crippen LogP contribution in [-0.4, -0.2) is 123 Å². The number of hydrogen-bond acceptors (Lipinski definition) is 11. The molecule has 0 radical (unpaired) electrons. The van der Waals surface area contributed by atoms with E-state index in [0.717, 1.165) is 49.3 Å². The van der Waals surface area contributed by atoms with Crippen molar-refractivity contribution in [1.82, 2.24) is 26.6 Å². The second kappa shape index (κ2) is 21.2. The van der Waals surface area contributed by atoms with E-state index < -0.39 is 35.7 Å². The largest absolute Gasteiger partial charge is 0.480 e. The van der Waals surface area contributed by atoms with Crippen LogP contribution in [0.4, 0.5) is 18.0 Å². The van der Waals surface area contributed by atoms with Crippen molar-refractivity contribution in [2.75, 3.05) is 58.5 Å². The van der Waals surface area contributed by atoms with Gasteiger partial charge in [-0.3, -0.25) is 14.4 Å². The van der Waals surface area contributed by atoms with E-state index in [9.17, 15) is 42.3 Å². The molecule has 3 aliphatic heterocycles. The SMILES string of the molecule is O=C(CCCC[C@@H]1SC[C@@H]2NC(=O)N[C@@H]21)NCCCOCCOCCOCCCNC(=O)CC[C@H](NC(=O)c1ccc(C2(C(F)(F)F)N=N2)cc1)C(=O)O. The van der Waals surface area contributed by atoms with Crippen molar-refractivity contribution < 1.29 is 56.5 Å². The number of rotatable bonds is 26. The van der Waals surface area contributed by atoms with Gasteiger partial charge in [-0.1, -0.05) is 18.6 Å². The molecular formula is C34H48F3N7O9S. The predicted octanol–water partition coefficient (Wildman–Crippen LogP) is 2.62. The average molecular weight is 788 g/mol. The highest BCUT2D eigenvalue weighted by molar-refractivity contribution is 8.00. The van der Waals surface area contributed by atoms with Crippen molar-refractivity contribution in [3.63, 3.8) is 0 Å². The van der Waals surface area contributed by atoms with Gasteiger partial charge in [0, 0.05) is 61.3 Å². The molecule has 0 spiro atoms. The van der Waals surface area contributed by atoms with Crippen LogP contribution in [-0.2, 0) is 34.3 Å². The highest BCUT2D eigenvalue weighted by atomic mass is 32.2. The van der Waals surface area contributed by atoms with Gasteiger partial charge in [0.2, 0.25) is 11.8 Å². The maximum absolute atomic E-state index is 13.2. The normalized spacial score (nSPS) is 20.1. The lowest BCUT2D eigenvalue weighted by atomic mass is 10.0. The summed E-state index contributed by atoms with van der Waals surface area (Å²) < 4.78 is 56.0. The van der Waals surface area contributed by atoms with Crippen molar-refractivity contribution >= 4 is 41.5 Å². The number of nitrogens with one attached hydrogen (secondary N) is 5. The van der Waals surface area contributed by atoms with E-state index in [4.69, 9.17) is 14.2 Å². The van der Waals surface area contributed by atoms with E-state index in [0.29, 0.717) is 77.2 Å². The van der Waals surface area contributed by atoms with Gasteiger partial charge in [0.15, 0.2) is 0 Å². The Balaban J connectivity index is 0.905. The predicted molar refractivity (Wildman–Crippen MR) is 189 cm³/mol. The topological polar surface area (TPSA) is 218 Å². The van der Waals surface area contributed by atoms with Crippen LogP contribution in [0, 0.1) is 0 Å². The van der Waals surface area contributed by atoms with Gasteiger partial charge in [0.05, 0.1) is 38.5 Å². The lowest BCUT2D eigenvalue weighted by Gasteiger charge is -2.16. The van der Waals surface area contributed by atoms with Gasteiger partial charge in [0.1, 0.15) is 6.04 Å². The van der Waals surface area contributed by atoms with Gasteiger partial charge in [-0.25, -0.2) is 9.59 Å². The lowest BCUT2D eigenvalue weighted by Crippen LogP contribution is -2.41. The first kappa shape index (κ1) is 42.7. The minimum Gasteiger partial charge on any atom is -0.480 e. The highest BCUT2D eigenvalue weighted by Gasteiger charge is 2.65. The monoisotopic (exact) mass is 787 g/mol. The van der Waals surface area contributed by atoms with E-state index in [1.54, 1.807) is 0 Å². The Labute approximate surface area is 314 Å². The van der Waals surface area contributed by atoms with Crippen molar-refractivity contribution in [3.8, 4) is 0 Å². The Bertz CT molecular complexity index is 1450. The zero-order chi connectivity index (χ0) is 39.0. The van der Waals surface area contributed by atoms with Crippen molar-refractivity contribution in [2.24, 2.45) is 10.2 Å². The number of ether oxygens (including phenoxy) is 3. The van der Waals surface area contributed by atoms with Crippen LogP contribution in [0.15, 0.2) is 34.5 Å². The Hall–Kier alpha value is -4.01. The van der Waals surface area contributed by atoms with Gasteiger partial charge < -0.3 is 45.9 Å². The van der Waals surface area contributed by atoms with Crippen molar-refractivity contribution in [3.05, 3.63) is 35.4 Å². The molecule has 3 heterocycles. The molecule has 1 aromatic carbocycles. The van der Waals surface area contributed by atoms with Crippen molar-refractivity contribution in [1.29, 1.82) is 0 Å². The Morgan fingerprint density at radius 1 is 0.870 bits per heavy atom. The zero-order valence-electron chi connectivity index (χ0n) is 29.8. The van der Waals surface area contributed by atoms with E-state index in [2.05, 4.69) is 36.8 Å². The van der Waals surface area contributed by atoms with Crippen LogP contribution in [0.3, 0.4) is 0 Å². The zero-order valence-corrected chi connectivity index (χ0v) is 30.6. The first-order chi connectivity index (χ1) is 25.9. The molecule has 4 atom stereocenters. The molecule has 2 saturated heterocycles. The Kier molecular flexibility index (Phi) is 16.8. The molecule has 5 amide bonds. The summed E-state index contributed by atoms with van der Waals surface area (Å²) in [5.74, 6) is -1.63. The third-order valence-corrected chi connectivity index (χ3v) is 10.4. The number of alkyl halides is 3. The minimum atomic E-state index is -4.71. The maximum Gasteiger partial charge on any atom is 0.442 e. The summed E-state index contributed by atoms with van der Waals surface area (Å²) in [6, 6.07) is 3.29. The number of aliphatic carboxylic acids is 1. The molecule has 20 heteroatoms. The third kappa shape index (κ3) is 13.4. The number of nitrogens with zero attached hydrogens (tertiary/aromatic N) is 2. The van der Waals surface area contributed by atoms with Gasteiger partial charge in [0.25, 0.3) is 5.91 Å². The first-order valence-corrected chi connectivity index (χ1v) is 19.0. The number of urea groups is 1. The van der Waals surface area contributed by atoms with E-state index in [1.807, 2.05) is 11.8 Å². The number of fused-ring (bicyclic) bond motifs is 1. The molecule has 3 aliphatic rings. The molecule has 0 saturated carbocycles. The first-order valence-electron chi connectivity index (χ1n) is 18.0. The number of hydrogen-bond donors (Lipinski definition) is 6. The van der Waals surface area contributed by atoms with Gasteiger partial charge in [-0.05, 0) is 44.2 Å². The fourth-order valence-corrected chi connectivity index (χ4v) is 7.41. The summed E-state index contributed by atoms with van der Waals surface area (Å²) in [6.45, 7) is 3.23. The molecule has 16 nitrogen and oxygen atoms in total. The Morgan fingerprint density at radius 3 is 2.04 bits per heavy atom. The standard InChI is InChI=1S/C34H48F3N7O9S/c35-34(36,37)33(43-44-33)23-9-7-22(8-10-23)30(47)40-24(31(48)49)11-12-28(46)39-14-4-16-52-18-20-53-19-17-51-15-3-13-38-27(45)6-2-1-5-26-29-25(21-54-26)41-32(50)42-29/h7-10,24-26,29H,1-6,11-21H2,(H,38,45)(H,39,46)(H,40,47)(H,48,49)(H2,41,42,50)/t24-,25-,26-,29-/m0/s1. The number of carboxylic acid groups (broad SMARTS) is 1. The van der Waals surface area contributed by atoms with Crippen LogP contribution < -0.4 is 26.6 Å². The van der Waals surface area contributed by atoms with E-state index in [1.165, 1.54) is 0 Å². The van der Waals surface area contributed by atoms with Crippen molar-refractivity contribution in [2.45, 2.75) is 86.6 Å². The minimum absolute atomic E-state index is 0.0301. The van der Waals surface area contributed by atoms with E-state index in [-0.39, 0.29) is 48.0 Å². The second-order valence-corrected chi connectivity index (χ2v) is 14.2. The lowest BCUT2D eigenvalue weighted by molar-refractivity contribution is -0.166. The number of amides is 5. The molecular weight excluding hydrogens is 739 g/mol. The van der Waals surface area contributed by atoms with Gasteiger partial charge in [-0.15, -0.1) is 10.2 Å². The summed E-state index contributed by atoms with van der Waals surface area (Å²) in [6.07, 6.45) is -0.655. The smallest absolute Gasteiger partial charge is 0.442 e. The van der Waals surface area contributed by atoms with E-state index >= 15 is 0 Å². The number of carbonyl (C=O) groups excluding carboxylic acids is 4. The molecule has 1 aromatic rings. The maximum atomic E-state index is 13.2. The Morgan fingerprint density at radius 2 is 1.46 bits per heavy atom. The summed E-state index contributed by atoms with van der Waals surface area (Å²) in [5, 5.41) is 29.8. The molecule has 2 fully saturated rings. The fourth-order valence-electron chi connectivity index (χ4n) is 5.87.